The zero-order valence-electron chi connectivity index (χ0n) is 22.5. The first-order valence-corrected chi connectivity index (χ1v) is 13.7. The molecule has 1 N–H and O–H groups in total. The summed E-state index contributed by atoms with van der Waals surface area (Å²) in [6.45, 7) is 8.79. The van der Waals surface area contributed by atoms with Crippen molar-refractivity contribution in [2.45, 2.75) is 78.1 Å². The summed E-state index contributed by atoms with van der Waals surface area (Å²) >= 11 is 0. The third-order valence-corrected chi connectivity index (χ3v) is 8.13. The van der Waals surface area contributed by atoms with Gasteiger partial charge in [0.05, 0.1) is 12.8 Å². The molecular formula is C33H40N2O. The molecule has 2 aromatic carbocycles. The van der Waals surface area contributed by atoms with Crippen LogP contribution in [0.5, 0.6) is 5.75 Å². The number of ether oxygens (including phenoxy) is 1. The molecule has 1 aliphatic rings. The molecule has 0 bridgehead atoms. The number of nitrogens with zero attached hydrogens (tertiary/aromatic N) is 1. The van der Waals surface area contributed by atoms with Crippen molar-refractivity contribution < 1.29 is 4.74 Å². The monoisotopic (exact) mass is 480 g/mol. The van der Waals surface area contributed by atoms with Gasteiger partial charge >= 0.3 is 0 Å². The van der Waals surface area contributed by atoms with Gasteiger partial charge in [-0.05, 0) is 123 Å². The van der Waals surface area contributed by atoms with E-state index in [4.69, 9.17) is 4.74 Å². The fourth-order valence-corrected chi connectivity index (χ4v) is 6.24. The number of aryl methyl sites for hydroxylation is 3. The molecule has 2 aromatic heterocycles. The van der Waals surface area contributed by atoms with Gasteiger partial charge < -0.3 is 9.72 Å². The Labute approximate surface area is 216 Å². The molecule has 2 heterocycles. The SMILES string of the molecule is COc1ccc(CCC2CCC(c3ccc4[nH]c(-c5cc(C)nc(C)c5)c(C(C)C)c4c3)CC2)cc1. The molecule has 0 amide bonds. The van der Waals surface area contributed by atoms with E-state index >= 15 is 0 Å². The van der Waals surface area contributed by atoms with Crippen molar-refractivity contribution in [3.05, 3.63) is 82.7 Å². The van der Waals surface area contributed by atoms with Gasteiger partial charge in [0.25, 0.3) is 0 Å². The van der Waals surface area contributed by atoms with Crippen LogP contribution in [0.2, 0.25) is 0 Å². The van der Waals surface area contributed by atoms with Gasteiger partial charge in [-0.1, -0.05) is 32.0 Å². The van der Waals surface area contributed by atoms with Gasteiger partial charge in [-0.15, -0.1) is 0 Å². The topological polar surface area (TPSA) is 37.9 Å². The Morgan fingerprint density at radius 3 is 2.25 bits per heavy atom. The van der Waals surface area contributed by atoms with Crippen molar-refractivity contribution in [3.63, 3.8) is 0 Å². The molecular weight excluding hydrogens is 440 g/mol. The van der Waals surface area contributed by atoms with E-state index < -0.39 is 0 Å². The highest BCUT2D eigenvalue weighted by atomic mass is 16.5. The minimum absolute atomic E-state index is 0.450. The standard InChI is InChI=1S/C33H40N2O/c1-21(2)32-30-20-27(14-17-31(30)35-33(32)28-18-22(3)34-23(4)19-28)26-12-8-24(9-13-26)6-7-25-10-15-29(36-5)16-11-25/h10-11,14-21,24,26,35H,6-9,12-13H2,1-5H3. The lowest BCUT2D eigenvalue weighted by atomic mass is 9.76. The minimum atomic E-state index is 0.450. The van der Waals surface area contributed by atoms with E-state index in [0.717, 1.165) is 23.1 Å². The Morgan fingerprint density at radius 1 is 0.917 bits per heavy atom. The van der Waals surface area contributed by atoms with Crippen molar-refractivity contribution >= 4 is 10.9 Å². The van der Waals surface area contributed by atoms with Crippen LogP contribution in [0.1, 0.15) is 85.9 Å². The highest BCUT2D eigenvalue weighted by Gasteiger charge is 2.24. The number of fused-ring (bicyclic) bond motifs is 1. The van der Waals surface area contributed by atoms with Gasteiger partial charge in [0, 0.05) is 27.9 Å². The summed E-state index contributed by atoms with van der Waals surface area (Å²) in [6, 6.07) is 20.2. The normalized spacial score (nSPS) is 18.2. The van der Waals surface area contributed by atoms with E-state index in [9.17, 15) is 0 Å². The highest BCUT2D eigenvalue weighted by molar-refractivity contribution is 5.92. The molecule has 0 aliphatic heterocycles. The van der Waals surface area contributed by atoms with Crippen LogP contribution in [-0.2, 0) is 6.42 Å². The second-order valence-electron chi connectivity index (χ2n) is 11.1. The Morgan fingerprint density at radius 2 is 1.61 bits per heavy atom. The number of hydrogen-bond acceptors (Lipinski definition) is 2. The van der Waals surface area contributed by atoms with Crippen LogP contribution in [0.15, 0.2) is 54.6 Å². The maximum absolute atomic E-state index is 5.29. The van der Waals surface area contributed by atoms with Crippen molar-refractivity contribution in [3.8, 4) is 17.0 Å². The van der Waals surface area contributed by atoms with Gasteiger partial charge in [0.15, 0.2) is 0 Å². The lowest BCUT2D eigenvalue weighted by molar-refractivity contribution is 0.310. The van der Waals surface area contributed by atoms with Crippen LogP contribution >= 0.6 is 0 Å². The van der Waals surface area contributed by atoms with Crippen LogP contribution in [-0.4, -0.2) is 17.1 Å². The molecule has 1 fully saturated rings. The zero-order valence-corrected chi connectivity index (χ0v) is 22.5. The van der Waals surface area contributed by atoms with Gasteiger partial charge in [-0.2, -0.15) is 0 Å². The van der Waals surface area contributed by atoms with E-state index in [1.165, 1.54) is 77.4 Å². The van der Waals surface area contributed by atoms with Crippen LogP contribution in [0.3, 0.4) is 0 Å². The largest absolute Gasteiger partial charge is 0.497 e. The van der Waals surface area contributed by atoms with E-state index in [2.05, 4.69) is 92.3 Å². The number of rotatable bonds is 7. The number of aromatic nitrogens is 2. The summed E-state index contributed by atoms with van der Waals surface area (Å²) in [5, 5.41) is 1.39. The summed E-state index contributed by atoms with van der Waals surface area (Å²) < 4.78 is 5.29. The Kier molecular flexibility index (Phi) is 7.18. The Hall–Kier alpha value is -3.07. The lowest BCUT2D eigenvalue weighted by Gasteiger charge is -2.29. The molecule has 1 saturated carbocycles. The number of pyridine rings is 1. The molecule has 1 aliphatic carbocycles. The molecule has 0 saturated heterocycles. The van der Waals surface area contributed by atoms with E-state index in [1.807, 2.05) is 0 Å². The lowest BCUT2D eigenvalue weighted by Crippen LogP contribution is -2.14. The van der Waals surface area contributed by atoms with Crippen molar-refractivity contribution in [1.82, 2.24) is 9.97 Å². The zero-order chi connectivity index (χ0) is 25.2. The molecule has 188 valence electrons. The van der Waals surface area contributed by atoms with Gasteiger partial charge in [0.2, 0.25) is 0 Å². The number of nitrogens with one attached hydrogen (secondary N) is 1. The van der Waals surface area contributed by atoms with Crippen LogP contribution in [0.25, 0.3) is 22.2 Å². The third kappa shape index (κ3) is 5.21. The molecule has 0 radical (unpaired) electrons. The van der Waals surface area contributed by atoms with Crippen molar-refractivity contribution in [1.29, 1.82) is 0 Å². The summed E-state index contributed by atoms with van der Waals surface area (Å²) in [4.78, 5) is 8.35. The number of methoxy groups -OCH3 is 1. The molecule has 4 aromatic rings. The Balaban J connectivity index is 1.31. The predicted octanol–water partition coefficient (Wildman–Crippen LogP) is 8.89. The summed E-state index contributed by atoms with van der Waals surface area (Å²) in [7, 11) is 1.73. The number of benzene rings is 2. The first-order chi connectivity index (χ1) is 17.4. The first-order valence-electron chi connectivity index (χ1n) is 13.7. The summed E-state index contributed by atoms with van der Waals surface area (Å²) in [5.74, 6) is 2.91. The molecule has 0 spiro atoms. The Bertz CT molecular complexity index is 1300. The van der Waals surface area contributed by atoms with Gasteiger partial charge in [0.1, 0.15) is 5.75 Å². The molecule has 36 heavy (non-hydrogen) atoms. The van der Waals surface area contributed by atoms with Crippen molar-refractivity contribution in [2.75, 3.05) is 7.11 Å². The molecule has 3 nitrogen and oxygen atoms in total. The summed E-state index contributed by atoms with van der Waals surface area (Å²) in [5.41, 5.74) is 10.3. The van der Waals surface area contributed by atoms with Gasteiger partial charge in [-0.3, -0.25) is 4.98 Å². The van der Waals surface area contributed by atoms with Crippen LogP contribution < -0.4 is 4.74 Å². The first kappa shape index (κ1) is 24.6. The van der Waals surface area contributed by atoms with E-state index in [0.29, 0.717) is 11.8 Å². The maximum atomic E-state index is 5.29. The average molecular weight is 481 g/mol. The van der Waals surface area contributed by atoms with E-state index in [-0.39, 0.29) is 0 Å². The van der Waals surface area contributed by atoms with Crippen LogP contribution in [0.4, 0.5) is 0 Å². The minimum Gasteiger partial charge on any atom is -0.497 e. The molecule has 0 unspecified atom stereocenters. The molecule has 5 rings (SSSR count). The second-order valence-corrected chi connectivity index (χ2v) is 11.1. The number of H-pyrrole nitrogens is 1. The second kappa shape index (κ2) is 10.5. The third-order valence-electron chi connectivity index (χ3n) is 8.13. The fourth-order valence-electron chi connectivity index (χ4n) is 6.24. The number of aromatic amines is 1. The molecule has 3 heteroatoms. The van der Waals surface area contributed by atoms with Crippen molar-refractivity contribution in [2.24, 2.45) is 5.92 Å². The molecule has 0 atom stereocenters. The quantitative estimate of drug-likeness (QED) is 0.287. The van der Waals surface area contributed by atoms with Crippen LogP contribution in [0, 0.1) is 19.8 Å². The van der Waals surface area contributed by atoms with E-state index in [1.54, 1.807) is 7.11 Å². The van der Waals surface area contributed by atoms with Gasteiger partial charge in [-0.25, -0.2) is 0 Å². The predicted molar refractivity (Wildman–Crippen MR) is 151 cm³/mol. The highest BCUT2D eigenvalue weighted by Crippen LogP contribution is 2.41. The number of hydrogen-bond donors (Lipinski definition) is 1. The summed E-state index contributed by atoms with van der Waals surface area (Å²) in [6.07, 6.45) is 7.74. The fraction of sp³-hybridized carbons (Fsp3) is 0.424. The maximum Gasteiger partial charge on any atom is 0.118 e. The average Bonchev–Trinajstić information content (AvgIpc) is 3.27. The smallest absolute Gasteiger partial charge is 0.118 e.